The summed E-state index contributed by atoms with van der Waals surface area (Å²) < 4.78 is 51.5. The molecule has 11 rings (SSSR count). The summed E-state index contributed by atoms with van der Waals surface area (Å²) in [7, 11) is -1.02. The van der Waals surface area contributed by atoms with Gasteiger partial charge in [0.15, 0.2) is 0 Å². The molecule has 0 radical (unpaired) electrons. The van der Waals surface area contributed by atoms with E-state index in [9.17, 15) is 42.0 Å². The molecule has 8 amide bonds. The number of carbonyl (C=O) groups is 6. The van der Waals surface area contributed by atoms with E-state index >= 15 is 4.39 Å². The number of allylic oxidation sites excluding steroid dienone is 1. The van der Waals surface area contributed by atoms with Crippen molar-refractivity contribution >= 4 is 97.0 Å². The van der Waals surface area contributed by atoms with E-state index in [0.29, 0.717) is 105 Å². The Labute approximate surface area is 549 Å². The topological polar surface area (TPSA) is 350 Å². The molecule has 9 N–H and O–H groups in total. The summed E-state index contributed by atoms with van der Waals surface area (Å²) >= 11 is 3.71. The van der Waals surface area contributed by atoms with E-state index in [1.807, 2.05) is 23.5 Å². The molecular weight excluding hydrogens is 1270 g/mol. The number of carbonyl (C=O) groups excluding carboxylic acids is 5. The van der Waals surface area contributed by atoms with Crippen molar-refractivity contribution in [3.8, 4) is 11.1 Å². The van der Waals surface area contributed by atoms with Crippen LogP contribution in [0.5, 0.6) is 0 Å². The van der Waals surface area contributed by atoms with E-state index in [1.165, 1.54) is 26.2 Å². The molecule has 0 saturated carbocycles. The molecule has 0 unspecified atom stereocenters. The van der Waals surface area contributed by atoms with Gasteiger partial charge < -0.3 is 52.2 Å². The Bertz CT molecular complexity index is 4200. The number of amides is 8. The van der Waals surface area contributed by atoms with Crippen LogP contribution in [0.15, 0.2) is 94.7 Å². The second kappa shape index (κ2) is 29.7. The first-order valence-electron chi connectivity index (χ1n) is 31.5. The number of urea groups is 2. The van der Waals surface area contributed by atoms with Gasteiger partial charge >= 0.3 is 23.8 Å². The van der Waals surface area contributed by atoms with E-state index < -0.39 is 27.9 Å². The molecule has 6 atom stereocenters. The molecule has 28 nitrogen and oxygen atoms in total. The Morgan fingerprint density at radius 3 is 1.88 bits per heavy atom. The van der Waals surface area contributed by atoms with Crippen LogP contribution in [0.2, 0.25) is 0 Å². The minimum Gasteiger partial charge on any atom is -0.465 e. The van der Waals surface area contributed by atoms with Crippen molar-refractivity contribution in [3.63, 3.8) is 0 Å². The largest absolute Gasteiger partial charge is 0.465 e. The quantitative estimate of drug-likeness (QED) is 0.0210. The standard InChI is InChI=1S/C62H77FN18O10S3/c1-37-55(38-9-8-10-44(29-38)94(90,91)76(2)3)45-30-39(15-17-48(45)81(37)32-40(63)19-22-66-61(87)88)58(84)67-41-16-18-49-50(31-41)80(28-26-78-34-43(73-75-78)21-24-65-54(83)14-7-5-12-52-57-47(36-93-52)69-60(86)71-57)62(89)79(49)27-25-77-33-42(72-74-77)20-23-64-53(82)13-6-4-11-51-56-46(35-92-51)68-59(85)70-56/h8-10,15-19,29-31,33-34,46-47,51-52,56-57,66H,4-7,11-14,20-28,32,35-36H2,1-3H3,(H,64,82)(H,65,83)(H,67,84)(H,87,88)(H2,68,70,85)(H2,69,71,86)/b40-19-/t46-,47-,51-,52-,56-,57-/m0/s1. The molecule has 4 aromatic heterocycles. The number of fused-ring (bicyclic) bond motifs is 4. The zero-order valence-corrected chi connectivity index (χ0v) is 54.8. The Morgan fingerprint density at radius 1 is 0.713 bits per heavy atom. The van der Waals surface area contributed by atoms with Crippen LogP contribution in [0.1, 0.15) is 78.8 Å². The molecule has 0 bridgehead atoms. The fourth-order valence-electron chi connectivity index (χ4n) is 12.6. The number of thioether (sulfide) groups is 2. The number of anilines is 1. The number of imidazole rings is 1. The SMILES string of the molecule is Cc1c(-c2cccc(S(=O)(=O)N(C)C)c2)c2cc(C(=O)Nc3ccc4c(c3)n(CCn3cc(CCNC(=O)CCCC[C@@H]5SC[C@@H]6NC(=O)N[C@@H]65)nn3)c(=O)n4CCn3cc(CCNC(=O)CCCC[C@@H]4SC[C@@H]5NC(=O)N[C@@H]54)nn3)ccc2n1C/C(F)=C/CNC(=O)O. The molecule has 4 fully saturated rings. The first kappa shape index (κ1) is 66.7. The number of nitrogens with zero attached hydrogens (tertiary/aromatic N) is 10. The predicted molar refractivity (Wildman–Crippen MR) is 354 cm³/mol. The predicted octanol–water partition coefficient (Wildman–Crippen LogP) is 4.71. The highest BCUT2D eigenvalue weighted by Crippen LogP contribution is 2.38. The fourth-order valence-corrected chi connectivity index (χ4v) is 16.7. The summed E-state index contributed by atoms with van der Waals surface area (Å²) in [5.41, 5.74) is 4.75. The van der Waals surface area contributed by atoms with Crippen molar-refractivity contribution < 1.29 is 46.7 Å². The monoisotopic (exact) mass is 1350 g/mol. The highest BCUT2D eigenvalue weighted by atomic mass is 32.2. The maximum Gasteiger partial charge on any atom is 0.404 e. The summed E-state index contributed by atoms with van der Waals surface area (Å²) in [4.78, 5) is 89.2. The normalized spacial score (nSPS) is 19.3. The lowest BCUT2D eigenvalue weighted by atomic mass is 10.0. The Hall–Kier alpha value is -8.75. The van der Waals surface area contributed by atoms with Gasteiger partial charge in [0, 0.05) is 140 Å². The van der Waals surface area contributed by atoms with Crippen LogP contribution in [0, 0.1) is 6.92 Å². The maximum atomic E-state index is 15.5. The molecule has 4 aliphatic rings. The van der Waals surface area contributed by atoms with E-state index in [2.05, 4.69) is 63.2 Å². The molecule has 0 spiro atoms. The zero-order chi connectivity index (χ0) is 66.2. The summed E-state index contributed by atoms with van der Waals surface area (Å²) in [6.45, 7) is 2.78. The Kier molecular flexibility index (Phi) is 21.1. The average molecular weight is 1350 g/mol. The van der Waals surface area contributed by atoms with Crippen LogP contribution in [-0.4, -0.2) is 177 Å². The molecule has 4 saturated heterocycles. The van der Waals surface area contributed by atoms with Gasteiger partial charge in [0.1, 0.15) is 5.83 Å². The number of halogens is 1. The summed E-state index contributed by atoms with van der Waals surface area (Å²) in [6, 6.07) is 16.8. The minimum atomic E-state index is -3.87. The number of unbranched alkanes of at least 4 members (excludes halogenated alkanes) is 2. The lowest BCUT2D eigenvalue weighted by molar-refractivity contribution is -0.122. The van der Waals surface area contributed by atoms with Gasteiger partial charge in [-0.3, -0.25) is 32.9 Å². The average Bonchev–Trinajstić information content (AvgIpc) is 1.59. The number of hydrogen-bond donors (Lipinski definition) is 9. The summed E-state index contributed by atoms with van der Waals surface area (Å²) in [5.74, 6) is 0.527. The zero-order valence-electron chi connectivity index (χ0n) is 52.3. The number of rotatable bonds is 31. The molecule has 7 aromatic rings. The number of hydrogen-bond acceptors (Lipinski definition) is 15. The molecule has 500 valence electrons. The Morgan fingerprint density at radius 2 is 1.30 bits per heavy atom. The third kappa shape index (κ3) is 15.7. The van der Waals surface area contributed by atoms with Gasteiger partial charge in [-0.15, -0.1) is 10.2 Å². The molecule has 0 aliphatic carbocycles. The van der Waals surface area contributed by atoms with Crippen LogP contribution < -0.4 is 48.2 Å². The van der Waals surface area contributed by atoms with Crippen LogP contribution in [0.3, 0.4) is 0 Å². The second-order valence-electron chi connectivity index (χ2n) is 24.1. The van der Waals surface area contributed by atoms with E-state index in [4.69, 9.17) is 5.11 Å². The van der Waals surface area contributed by atoms with Crippen LogP contribution in [0.4, 0.5) is 24.5 Å². The molecule has 32 heteroatoms. The highest BCUT2D eigenvalue weighted by molar-refractivity contribution is 8.00. The molecule has 4 aliphatic heterocycles. The van der Waals surface area contributed by atoms with Gasteiger partial charge in [0.05, 0.1) is 71.1 Å². The fraction of sp³-hybridized carbons (Fsp3) is 0.468. The Balaban J connectivity index is 0.767. The van der Waals surface area contributed by atoms with Gasteiger partial charge in [0.2, 0.25) is 21.8 Å². The van der Waals surface area contributed by atoms with Crippen molar-refractivity contribution in [2.45, 2.75) is 143 Å². The molecular formula is C62H77FN18O10S3. The third-order valence-corrected chi connectivity index (χ3v) is 22.3. The maximum absolute atomic E-state index is 15.5. The van der Waals surface area contributed by atoms with Gasteiger partial charge in [-0.25, -0.2) is 36.3 Å². The number of nitrogens with one attached hydrogen (secondary N) is 8. The third-order valence-electron chi connectivity index (χ3n) is 17.5. The van der Waals surface area contributed by atoms with E-state index in [-0.39, 0.29) is 103 Å². The highest BCUT2D eigenvalue weighted by Gasteiger charge is 2.43. The van der Waals surface area contributed by atoms with Gasteiger partial charge in [0.25, 0.3) is 5.91 Å². The smallest absolute Gasteiger partial charge is 0.404 e. The number of sulfonamides is 1. The summed E-state index contributed by atoms with van der Waals surface area (Å²) in [6.07, 6.45) is 10.1. The molecule has 94 heavy (non-hydrogen) atoms. The van der Waals surface area contributed by atoms with Crippen LogP contribution in [0.25, 0.3) is 33.1 Å². The first-order chi connectivity index (χ1) is 45.3. The number of aromatic nitrogens is 9. The lowest BCUT2D eigenvalue weighted by Gasteiger charge is -2.16. The van der Waals surface area contributed by atoms with Gasteiger partial charge in [-0.2, -0.15) is 23.5 Å². The van der Waals surface area contributed by atoms with E-state index in [1.54, 1.807) is 90.9 Å². The number of aryl methyl sites for hydroxylation is 4. The van der Waals surface area contributed by atoms with Crippen molar-refractivity contribution in [1.82, 2.24) is 85.2 Å². The van der Waals surface area contributed by atoms with Crippen molar-refractivity contribution in [2.24, 2.45) is 0 Å². The molecule has 3 aromatic carbocycles. The van der Waals surface area contributed by atoms with Crippen molar-refractivity contribution in [1.29, 1.82) is 0 Å². The number of benzene rings is 3. The minimum absolute atomic E-state index is 0.0239. The lowest BCUT2D eigenvalue weighted by Crippen LogP contribution is -2.36. The van der Waals surface area contributed by atoms with Crippen LogP contribution in [-0.2, 0) is 65.2 Å². The van der Waals surface area contributed by atoms with Gasteiger partial charge in [-0.1, -0.05) is 35.4 Å². The number of carboxylic acid groups (broad SMARTS) is 1. The van der Waals surface area contributed by atoms with Gasteiger partial charge in [-0.05, 0) is 92.8 Å². The van der Waals surface area contributed by atoms with E-state index in [0.717, 1.165) is 60.4 Å². The van der Waals surface area contributed by atoms with Crippen molar-refractivity contribution in [3.05, 3.63) is 118 Å². The first-order valence-corrected chi connectivity index (χ1v) is 35.0. The molecule has 8 heterocycles. The van der Waals surface area contributed by atoms with Crippen molar-refractivity contribution in [2.75, 3.05) is 50.6 Å². The summed E-state index contributed by atoms with van der Waals surface area (Å²) in [5, 5.41) is 50.6. The second-order valence-corrected chi connectivity index (χ2v) is 28.8. The van der Waals surface area contributed by atoms with Crippen LogP contribution >= 0.6 is 23.5 Å².